The zero-order valence-corrected chi connectivity index (χ0v) is 19.2. The quantitative estimate of drug-likeness (QED) is 0.380. The van der Waals surface area contributed by atoms with E-state index in [4.69, 9.17) is 9.47 Å². The molecule has 1 heterocycles. The van der Waals surface area contributed by atoms with Gasteiger partial charge >= 0.3 is 0 Å². The molecule has 0 aromatic heterocycles. The van der Waals surface area contributed by atoms with E-state index in [0.717, 1.165) is 22.4 Å². The molecule has 170 valence electrons. The van der Waals surface area contributed by atoms with Crippen LogP contribution in [0, 0.1) is 11.7 Å². The summed E-state index contributed by atoms with van der Waals surface area (Å²) < 4.78 is 25.2. The highest BCUT2D eigenvalue weighted by atomic mass is 19.1. The molecule has 5 heteroatoms. The van der Waals surface area contributed by atoms with Crippen LogP contribution in [-0.2, 0) is 11.4 Å². The van der Waals surface area contributed by atoms with Crippen molar-refractivity contribution in [2.45, 2.75) is 27.4 Å². The Hall–Kier alpha value is -3.60. The van der Waals surface area contributed by atoms with E-state index in [1.165, 1.54) is 12.1 Å². The Balaban J connectivity index is 1.62. The first-order chi connectivity index (χ1) is 16.0. The summed E-state index contributed by atoms with van der Waals surface area (Å²) >= 11 is 0. The third-order valence-corrected chi connectivity index (χ3v) is 5.37. The predicted molar refractivity (Wildman–Crippen MR) is 130 cm³/mol. The molecule has 0 saturated heterocycles. The zero-order chi connectivity index (χ0) is 23.4. The highest BCUT2D eigenvalue weighted by Gasteiger charge is 2.32. The molecule has 0 spiro atoms. The molecule has 0 radical (unpaired) electrons. The summed E-state index contributed by atoms with van der Waals surface area (Å²) in [5, 5.41) is 0. The lowest BCUT2D eigenvalue weighted by atomic mass is 10.0. The monoisotopic (exact) mass is 445 g/mol. The number of anilines is 1. The lowest BCUT2D eigenvalue weighted by Gasteiger charge is -2.19. The number of carbonyl (C=O) groups is 1. The van der Waals surface area contributed by atoms with Gasteiger partial charge in [0.15, 0.2) is 11.5 Å². The van der Waals surface area contributed by atoms with E-state index in [9.17, 15) is 9.18 Å². The number of rotatable bonds is 8. The molecule has 0 aliphatic carbocycles. The average Bonchev–Trinajstić information content (AvgIpc) is 3.04. The van der Waals surface area contributed by atoms with Crippen LogP contribution >= 0.6 is 0 Å². The predicted octanol–water partition coefficient (Wildman–Crippen LogP) is 6.35. The summed E-state index contributed by atoms with van der Waals surface area (Å²) in [5.74, 6) is 1.23. The first-order valence-electron chi connectivity index (χ1n) is 11.2. The number of amides is 1. The molecule has 3 aromatic carbocycles. The maximum Gasteiger partial charge on any atom is 0.259 e. The maximum atomic E-state index is 13.5. The van der Waals surface area contributed by atoms with Gasteiger partial charge in [0.25, 0.3) is 5.91 Å². The summed E-state index contributed by atoms with van der Waals surface area (Å²) in [5.41, 5.74) is 4.14. The number of fused-ring (bicyclic) bond motifs is 1. The number of ether oxygens (including phenoxy) is 2. The fourth-order valence-corrected chi connectivity index (χ4v) is 3.95. The molecule has 33 heavy (non-hydrogen) atoms. The highest BCUT2D eigenvalue weighted by Crippen LogP contribution is 2.39. The molecule has 4 nitrogen and oxygen atoms in total. The highest BCUT2D eigenvalue weighted by molar-refractivity contribution is 6.35. The number of benzene rings is 3. The second-order valence-electron chi connectivity index (χ2n) is 8.44. The third-order valence-electron chi connectivity index (χ3n) is 5.37. The van der Waals surface area contributed by atoms with Crippen molar-refractivity contribution >= 4 is 23.2 Å². The second-order valence-corrected chi connectivity index (χ2v) is 8.44. The Morgan fingerprint density at radius 1 is 0.970 bits per heavy atom. The third kappa shape index (κ3) is 5.08. The second kappa shape index (κ2) is 9.90. The Kier molecular flexibility index (Phi) is 6.78. The molecule has 1 amide bonds. The van der Waals surface area contributed by atoms with Crippen LogP contribution in [0.4, 0.5) is 10.1 Å². The van der Waals surface area contributed by atoms with Gasteiger partial charge in [-0.2, -0.15) is 0 Å². The molecular formula is C28H28FNO3. The van der Waals surface area contributed by atoms with Gasteiger partial charge in [0.05, 0.1) is 12.3 Å². The van der Waals surface area contributed by atoms with Gasteiger partial charge in [0.1, 0.15) is 12.4 Å². The SMILES string of the molecule is CCOc1cc(/C=C2\C(=O)N(CC(C)C)c3ccccc32)ccc1OCc1cccc(F)c1. The summed E-state index contributed by atoms with van der Waals surface area (Å²) in [7, 11) is 0. The Labute approximate surface area is 194 Å². The minimum absolute atomic E-state index is 0.00860. The van der Waals surface area contributed by atoms with Crippen LogP contribution in [0.2, 0.25) is 0 Å². The number of hydrogen-bond acceptors (Lipinski definition) is 3. The molecule has 0 fully saturated rings. The van der Waals surface area contributed by atoms with E-state index in [0.29, 0.717) is 36.1 Å². The maximum absolute atomic E-state index is 13.5. The fraction of sp³-hybridized carbons (Fsp3) is 0.250. The summed E-state index contributed by atoms with van der Waals surface area (Å²) in [6.45, 7) is 7.49. The molecule has 0 atom stereocenters. The first-order valence-corrected chi connectivity index (χ1v) is 11.2. The van der Waals surface area contributed by atoms with E-state index < -0.39 is 0 Å². The topological polar surface area (TPSA) is 38.8 Å². The molecule has 1 aliphatic heterocycles. The number of carbonyl (C=O) groups excluding carboxylic acids is 1. The van der Waals surface area contributed by atoms with E-state index in [1.807, 2.05) is 66.4 Å². The molecule has 1 aliphatic rings. The number of nitrogens with zero attached hydrogens (tertiary/aromatic N) is 1. The van der Waals surface area contributed by atoms with Gasteiger partial charge in [-0.15, -0.1) is 0 Å². The van der Waals surface area contributed by atoms with Crippen molar-refractivity contribution in [1.82, 2.24) is 0 Å². The van der Waals surface area contributed by atoms with Crippen LogP contribution in [-0.4, -0.2) is 19.1 Å². The molecular weight excluding hydrogens is 417 g/mol. The van der Waals surface area contributed by atoms with Gasteiger partial charge in [-0.1, -0.05) is 50.2 Å². The van der Waals surface area contributed by atoms with Gasteiger partial charge in [0, 0.05) is 17.7 Å². The van der Waals surface area contributed by atoms with Crippen LogP contribution in [0.5, 0.6) is 11.5 Å². The van der Waals surface area contributed by atoms with Crippen LogP contribution in [0.3, 0.4) is 0 Å². The van der Waals surface area contributed by atoms with Crippen molar-refractivity contribution in [3.8, 4) is 11.5 Å². The van der Waals surface area contributed by atoms with Crippen molar-refractivity contribution in [2.75, 3.05) is 18.1 Å². The van der Waals surface area contributed by atoms with Crippen molar-refractivity contribution in [3.05, 3.63) is 89.2 Å². The van der Waals surface area contributed by atoms with Crippen molar-refractivity contribution in [3.63, 3.8) is 0 Å². The molecule has 4 rings (SSSR count). The van der Waals surface area contributed by atoms with Gasteiger partial charge < -0.3 is 14.4 Å². The van der Waals surface area contributed by atoms with Crippen molar-refractivity contribution in [2.24, 2.45) is 5.92 Å². The van der Waals surface area contributed by atoms with E-state index in [1.54, 1.807) is 6.07 Å². The summed E-state index contributed by atoms with van der Waals surface area (Å²) in [4.78, 5) is 15.1. The van der Waals surface area contributed by atoms with Crippen LogP contribution in [0.15, 0.2) is 66.7 Å². The minimum atomic E-state index is -0.295. The first kappa shape index (κ1) is 22.6. The number of para-hydroxylation sites is 1. The lowest BCUT2D eigenvalue weighted by molar-refractivity contribution is -0.113. The smallest absolute Gasteiger partial charge is 0.259 e. The van der Waals surface area contributed by atoms with Crippen LogP contribution < -0.4 is 14.4 Å². The summed E-state index contributed by atoms with van der Waals surface area (Å²) in [6, 6.07) is 19.8. The van der Waals surface area contributed by atoms with Gasteiger partial charge in [-0.25, -0.2) is 4.39 Å². The van der Waals surface area contributed by atoms with Gasteiger partial charge in [0.2, 0.25) is 0 Å². The standard InChI is InChI=1S/C28H28FNO3/c1-4-32-27-16-20(12-13-26(27)33-18-21-8-7-9-22(29)14-21)15-24-23-10-5-6-11-25(23)30(28(24)31)17-19(2)3/h5-16,19H,4,17-18H2,1-3H3/b24-15-. The van der Waals surface area contributed by atoms with Crippen LogP contribution in [0.25, 0.3) is 11.6 Å². The van der Waals surface area contributed by atoms with Crippen LogP contribution in [0.1, 0.15) is 37.5 Å². The van der Waals surface area contributed by atoms with E-state index >= 15 is 0 Å². The molecule has 0 bridgehead atoms. The Morgan fingerprint density at radius 3 is 2.55 bits per heavy atom. The zero-order valence-electron chi connectivity index (χ0n) is 19.2. The number of halogens is 1. The fourth-order valence-electron chi connectivity index (χ4n) is 3.95. The largest absolute Gasteiger partial charge is 0.490 e. The Bertz CT molecular complexity index is 1190. The summed E-state index contributed by atoms with van der Waals surface area (Å²) in [6.07, 6.45) is 1.90. The Morgan fingerprint density at radius 2 is 1.79 bits per heavy atom. The molecule has 3 aromatic rings. The molecule has 0 unspecified atom stereocenters. The molecule has 0 saturated carbocycles. The van der Waals surface area contributed by atoms with E-state index in [2.05, 4.69) is 13.8 Å². The molecule has 0 N–H and O–H groups in total. The number of hydrogen-bond donors (Lipinski definition) is 0. The lowest BCUT2D eigenvalue weighted by Crippen LogP contribution is -2.30. The normalized spacial score (nSPS) is 14.2. The minimum Gasteiger partial charge on any atom is -0.490 e. The average molecular weight is 446 g/mol. The van der Waals surface area contributed by atoms with Crippen molar-refractivity contribution < 1.29 is 18.7 Å². The van der Waals surface area contributed by atoms with Gasteiger partial charge in [-0.3, -0.25) is 4.79 Å². The van der Waals surface area contributed by atoms with E-state index in [-0.39, 0.29) is 18.3 Å². The van der Waals surface area contributed by atoms with Crippen molar-refractivity contribution in [1.29, 1.82) is 0 Å². The van der Waals surface area contributed by atoms with Gasteiger partial charge in [-0.05, 0) is 60.4 Å².